The SMILES string of the molecule is C[C@H]1CN(c2cc(F)c3nc4c(c(N(C)c5nc(-c6ccc(F)cc6)c(C#N)s5)c3c2)CC[C@@H]4O)CCN1CC(=O)N1CC(O)C1. The Morgan fingerprint density at radius 2 is 1.89 bits per heavy atom. The van der Waals surface area contributed by atoms with Crippen LogP contribution in [0.4, 0.5) is 25.3 Å². The Labute approximate surface area is 268 Å². The van der Waals surface area contributed by atoms with Crippen molar-refractivity contribution in [1.82, 2.24) is 19.8 Å². The summed E-state index contributed by atoms with van der Waals surface area (Å²) in [5.41, 5.74) is 3.81. The molecule has 10 nitrogen and oxygen atoms in total. The molecule has 2 aromatic carbocycles. The van der Waals surface area contributed by atoms with E-state index in [9.17, 15) is 24.7 Å². The number of benzene rings is 2. The summed E-state index contributed by atoms with van der Waals surface area (Å²) in [5.74, 6) is -0.891. The van der Waals surface area contributed by atoms with Crippen LogP contribution in [0.1, 0.15) is 35.6 Å². The van der Waals surface area contributed by atoms with Crippen molar-refractivity contribution in [2.75, 3.05) is 56.1 Å². The molecule has 2 saturated heterocycles. The number of pyridine rings is 1. The maximum atomic E-state index is 16.0. The average Bonchev–Trinajstić information content (AvgIpc) is 3.63. The number of aliphatic hydroxyl groups is 2. The van der Waals surface area contributed by atoms with Crippen LogP contribution in [0.3, 0.4) is 0 Å². The number of anilines is 3. The lowest BCUT2D eigenvalue weighted by Crippen LogP contribution is -2.59. The Balaban J connectivity index is 1.24. The molecule has 0 unspecified atom stereocenters. The van der Waals surface area contributed by atoms with Crippen molar-refractivity contribution in [1.29, 1.82) is 5.26 Å². The molecule has 13 heteroatoms. The highest BCUT2D eigenvalue weighted by Gasteiger charge is 2.34. The number of aliphatic hydroxyl groups excluding tert-OH is 2. The molecule has 0 radical (unpaired) electrons. The van der Waals surface area contributed by atoms with Gasteiger partial charge in [-0.2, -0.15) is 5.26 Å². The van der Waals surface area contributed by atoms with Crippen LogP contribution in [-0.2, 0) is 11.2 Å². The first-order chi connectivity index (χ1) is 22.1. The van der Waals surface area contributed by atoms with Crippen LogP contribution in [0.25, 0.3) is 22.2 Å². The number of carbonyl (C=O) groups is 1. The number of rotatable bonds is 6. The molecule has 7 rings (SSSR count). The normalized spacial score (nSPS) is 20.1. The number of carbonyl (C=O) groups excluding carboxylic acids is 1. The molecule has 238 valence electrons. The van der Waals surface area contributed by atoms with E-state index in [1.807, 2.05) is 24.9 Å². The van der Waals surface area contributed by atoms with Crippen molar-refractivity contribution in [2.45, 2.75) is 38.0 Å². The number of nitriles is 1. The van der Waals surface area contributed by atoms with Crippen molar-refractivity contribution >= 4 is 44.7 Å². The number of fused-ring (bicyclic) bond motifs is 2. The van der Waals surface area contributed by atoms with E-state index in [4.69, 9.17) is 4.98 Å². The number of aromatic nitrogens is 2. The summed E-state index contributed by atoms with van der Waals surface area (Å²) in [6.45, 7) is 4.87. The molecule has 2 N–H and O–H groups in total. The summed E-state index contributed by atoms with van der Waals surface area (Å²) >= 11 is 1.19. The molecule has 1 amide bonds. The van der Waals surface area contributed by atoms with Crippen molar-refractivity contribution in [3.8, 4) is 17.3 Å². The van der Waals surface area contributed by atoms with E-state index in [0.29, 0.717) is 89.3 Å². The minimum absolute atomic E-state index is 0.00136. The van der Waals surface area contributed by atoms with E-state index in [2.05, 4.69) is 20.9 Å². The van der Waals surface area contributed by atoms with E-state index in [1.165, 1.54) is 29.5 Å². The summed E-state index contributed by atoms with van der Waals surface area (Å²) in [5, 5.41) is 31.3. The molecular formula is C33H33F2N7O3S. The van der Waals surface area contributed by atoms with Crippen LogP contribution in [0.2, 0.25) is 0 Å². The molecule has 2 fully saturated rings. The topological polar surface area (TPSA) is 120 Å². The quantitative estimate of drug-likeness (QED) is 0.321. The fourth-order valence-corrected chi connectivity index (χ4v) is 7.53. The predicted molar refractivity (Wildman–Crippen MR) is 171 cm³/mol. The highest BCUT2D eigenvalue weighted by atomic mass is 32.1. The third kappa shape index (κ3) is 5.35. The molecule has 0 bridgehead atoms. The van der Waals surface area contributed by atoms with Gasteiger partial charge in [0.05, 0.1) is 30.1 Å². The van der Waals surface area contributed by atoms with Crippen molar-refractivity contribution in [2.24, 2.45) is 0 Å². The summed E-state index contributed by atoms with van der Waals surface area (Å²) in [7, 11) is 1.81. The summed E-state index contributed by atoms with van der Waals surface area (Å²) in [6, 6.07) is 11.5. The zero-order chi connectivity index (χ0) is 32.3. The molecule has 2 aromatic heterocycles. The van der Waals surface area contributed by atoms with Crippen LogP contribution in [0.5, 0.6) is 0 Å². The van der Waals surface area contributed by atoms with Gasteiger partial charge in [0.25, 0.3) is 0 Å². The molecule has 4 aromatic rings. The number of thiazole rings is 1. The number of hydrogen-bond acceptors (Lipinski definition) is 10. The number of amides is 1. The fraction of sp³-hybridized carbons (Fsp3) is 0.394. The lowest BCUT2D eigenvalue weighted by Gasteiger charge is -2.43. The zero-order valence-electron chi connectivity index (χ0n) is 25.5. The Hall–Kier alpha value is -4.22. The van der Waals surface area contributed by atoms with Gasteiger partial charge < -0.3 is 24.9 Å². The van der Waals surface area contributed by atoms with Gasteiger partial charge in [0.1, 0.15) is 28.0 Å². The second-order valence-corrected chi connectivity index (χ2v) is 13.2. The van der Waals surface area contributed by atoms with Gasteiger partial charge in [-0.3, -0.25) is 9.69 Å². The zero-order valence-corrected chi connectivity index (χ0v) is 26.3. The number of hydrogen-bond donors (Lipinski definition) is 2. The third-order valence-electron chi connectivity index (χ3n) is 9.25. The molecule has 2 aliphatic heterocycles. The van der Waals surface area contributed by atoms with Crippen LogP contribution in [0, 0.1) is 23.0 Å². The Morgan fingerprint density at radius 1 is 1.13 bits per heavy atom. The lowest BCUT2D eigenvalue weighted by atomic mass is 10.0. The van der Waals surface area contributed by atoms with Crippen molar-refractivity contribution < 1.29 is 23.8 Å². The molecule has 4 heterocycles. The molecule has 46 heavy (non-hydrogen) atoms. The highest BCUT2D eigenvalue weighted by Crippen LogP contribution is 2.45. The first-order valence-electron chi connectivity index (χ1n) is 15.3. The van der Waals surface area contributed by atoms with E-state index in [0.717, 1.165) is 5.56 Å². The second-order valence-electron chi connectivity index (χ2n) is 12.3. The van der Waals surface area contributed by atoms with Crippen LogP contribution < -0.4 is 9.80 Å². The fourth-order valence-electron chi connectivity index (χ4n) is 6.68. The van der Waals surface area contributed by atoms with Gasteiger partial charge >= 0.3 is 0 Å². The molecule has 1 aliphatic carbocycles. The number of nitrogens with zero attached hydrogens (tertiary/aromatic N) is 7. The highest BCUT2D eigenvalue weighted by molar-refractivity contribution is 7.16. The Kier molecular flexibility index (Phi) is 7.84. The van der Waals surface area contributed by atoms with Gasteiger partial charge in [-0.1, -0.05) is 11.3 Å². The maximum absolute atomic E-state index is 16.0. The van der Waals surface area contributed by atoms with Gasteiger partial charge in [0.2, 0.25) is 5.91 Å². The number of halogens is 2. The van der Waals surface area contributed by atoms with Gasteiger partial charge in [-0.05, 0) is 56.2 Å². The summed E-state index contributed by atoms with van der Waals surface area (Å²) in [6.07, 6.45) is -0.248. The van der Waals surface area contributed by atoms with Crippen LogP contribution >= 0.6 is 11.3 Å². The predicted octanol–water partition coefficient (Wildman–Crippen LogP) is 3.97. The first kappa shape index (κ1) is 30.4. The van der Waals surface area contributed by atoms with Gasteiger partial charge in [-0.15, -0.1) is 0 Å². The number of β-amino-alcohol motifs (C(OH)–C–C–N with tert-alkyl or cyclic N) is 1. The van der Waals surface area contributed by atoms with Gasteiger partial charge in [-0.25, -0.2) is 18.7 Å². The second kappa shape index (κ2) is 11.9. The minimum Gasteiger partial charge on any atom is -0.389 e. The van der Waals surface area contributed by atoms with E-state index < -0.39 is 18.0 Å². The number of likely N-dealkylation sites (tertiary alicyclic amines) is 1. The lowest BCUT2D eigenvalue weighted by molar-refractivity contribution is -0.143. The maximum Gasteiger partial charge on any atom is 0.236 e. The monoisotopic (exact) mass is 645 g/mol. The Bertz CT molecular complexity index is 1870. The molecule has 3 aliphatic rings. The number of piperazine rings is 1. The molecular weight excluding hydrogens is 612 g/mol. The third-order valence-corrected chi connectivity index (χ3v) is 10.3. The molecule has 2 atom stereocenters. The van der Waals surface area contributed by atoms with Crippen molar-refractivity contribution in [3.63, 3.8) is 0 Å². The molecule has 0 saturated carbocycles. The minimum atomic E-state index is -0.817. The smallest absolute Gasteiger partial charge is 0.236 e. The average molecular weight is 646 g/mol. The summed E-state index contributed by atoms with van der Waals surface area (Å²) < 4.78 is 29.6. The Morgan fingerprint density at radius 3 is 2.59 bits per heavy atom. The van der Waals surface area contributed by atoms with E-state index >= 15 is 4.39 Å². The van der Waals surface area contributed by atoms with Crippen LogP contribution in [-0.4, -0.2) is 94.4 Å². The van der Waals surface area contributed by atoms with Gasteiger partial charge in [0, 0.05) is 68.0 Å². The van der Waals surface area contributed by atoms with Crippen LogP contribution in [0.15, 0.2) is 36.4 Å². The molecule has 0 spiro atoms. The van der Waals surface area contributed by atoms with Gasteiger partial charge in [0.15, 0.2) is 10.9 Å². The summed E-state index contributed by atoms with van der Waals surface area (Å²) in [4.78, 5) is 30.1. The van der Waals surface area contributed by atoms with Crippen molar-refractivity contribution in [3.05, 3.63) is 64.2 Å². The largest absolute Gasteiger partial charge is 0.389 e. The van der Waals surface area contributed by atoms with E-state index in [1.54, 1.807) is 17.0 Å². The van der Waals surface area contributed by atoms with E-state index in [-0.39, 0.29) is 29.8 Å². The standard InChI is InChI=1S/C33H33F2N7O3S/c1-18-14-41(10-9-40(18)17-28(45)42-15-22(43)16-42)21-11-24-30(25(35)12-21)37-31-23(7-8-26(31)44)32(24)39(2)33-38-29(27(13-36)46-33)19-3-5-20(34)6-4-19/h3-6,11-12,18,22,26,43-44H,7-10,14-17H2,1-2H3/t18-,26-/m0/s1. The first-order valence-corrected chi connectivity index (χ1v) is 16.1.